The quantitative estimate of drug-likeness (QED) is 0.702. The third kappa shape index (κ3) is 3.08. The van der Waals surface area contributed by atoms with E-state index >= 15 is 0 Å². The van der Waals surface area contributed by atoms with Crippen LogP contribution in [0.3, 0.4) is 0 Å². The van der Waals surface area contributed by atoms with E-state index in [4.69, 9.17) is 10.5 Å². The number of ether oxygens (including phenoxy) is 1. The van der Waals surface area contributed by atoms with Crippen molar-refractivity contribution in [1.29, 1.82) is 0 Å². The topological polar surface area (TPSA) is 87.2 Å². The van der Waals surface area contributed by atoms with Gasteiger partial charge in [-0.25, -0.2) is 0 Å². The van der Waals surface area contributed by atoms with E-state index in [1.807, 2.05) is 0 Å². The van der Waals surface area contributed by atoms with Crippen LogP contribution in [0.15, 0.2) is 6.07 Å². The summed E-state index contributed by atoms with van der Waals surface area (Å²) in [5.41, 5.74) is 6.17. The highest BCUT2D eigenvalue weighted by molar-refractivity contribution is 5.91. The molecule has 6 nitrogen and oxygen atoms in total. The van der Waals surface area contributed by atoms with Gasteiger partial charge in [-0.15, -0.1) is 0 Å². The predicted molar refractivity (Wildman–Crippen MR) is 52.1 cm³/mol. The summed E-state index contributed by atoms with van der Waals surface area (Å²) in [6.07, 6.45) is 0. The lowest BCUT2D eigenvalue weighted by Gasteiger charge is -2.04. The van der Waals surface area contributed by atoms with Gasteiger partial charge in [0.05, 0.1) is 12.2 Å². The van der Waals surface area contributed by atoms with Gasteiger partial charge in [-0.1, -0.05) is 0 Å². The number of carbonyl (C=O) groups excluding carboxylic acids is 2. The van der Waals surface area contributed by atoms with Crippen molar-refractivity contribution in [2.24, 2.45) is 5.73 Å². The minimum absolute atomic E-state index is 0.177. The Bertz CT molecular complexity index is 384. The van der Waals surface area contributed by atoms with Crippen molar-refractivity contribution < 1.29 is 14.3 Å². The van der Waals surface area contributed by atoms with Crippen LogP contribution in [0, 0.1) is 6.92 Å². The molecule has 15 heavy (non-hydrogen) atoms. The summed E-state index contributed by atoms with van der Waals surface area (Å²) in [7, 11) is 0. The monoisotopic (exact) mass is 211 g/mol. The first-order valence-electron chi connectivity index (χ1n) is 4.48. The van der Waals surface area contributed by atoms with E-state index < -0.39 is 5.91 Å². The molecule has 0 unspecified atom stereocenters. The number of nitrogens with zero attached hydrogens (tertiary/aromatic N) is 2. The van der Waals surface area contributed by atoms with E-state index in [1.165, 1.54) is 11.6 Å². The molecule has 0 aliphatic heterocycles. The fraction of sp³-hybridized carbons (Fsp3) is 0.444. The molecular weight excluding hydrogens is 198 g/mol. The maximum absolute atomic E-state index is 11.0. The fourth-order valence-corrected chi connectivity index (χ4v) is 1.19. The molecular formula is C9H13N3O3. The number of primary amides is 1. The van der Waals surface area contributed by atoms with Gasteiger partial charge in [-0.05, 0) is 13.0 Å². The maximum Gasteiger partial charge on any atom is 0.302 e. The number of esters is 1. The number of amides is 1. The standard InChI is InChI=1S/C9H13N3O3/c1-6-5-8(9(10)14)12(11-6)3-4-15-7(2)13/h5H,3-4H2,1-2H3,(H2,10,14). The van der Waals surface area contributed by atoms with Gasteiger partial charge >= 0.3 is 5.97 Å². The SMILES string of the molecule is CC(=O)OCCn1nc(C)cc1C(N)=O. The first kappa shape index (κ1) is 11.2. The molecule has 0 bridgehead atoms. The van der Waals surface area contributed by atoms with E-state index in [2.05, 4.69) is 5.10 Å². The number of nitrogens with two attached hydrogens (primary N) is 1. The van der Waals surface area contributed by atoms with Crippen molar-refractivity contribution in [3.63, 3.8) is 0 Å². The number of hydrogen-bond donors (Lipinski definition) is 1. The molecule has 1 aromatic heterocycles. The summed E-state index contributed by atoms with van der Waals surface area (Å²) in [5.74, 6) is -0.905. The van der Waals surface area contributed by atoms with Gasteiger partial charge in [0.2, 0.25) is 0 Å². The van der Waals surface area contributed by atoms with Gasteiger partial charge in [-0.2, -0.15) is 5.10 Å². The number of aromatic nitrogens is 2. The second-order valence-electron chi connectivity index (χ2n) is 3.10. The molecule has 6 heteroatoms. The first-order valence-corrected chi connectivity index (χ1v) is 4.48. The zero-order chi connectivity index (χ0) is 11.4. The normalized spacial score (nSPS) is 10.0. The molecule has 0 aromatic carbocycles. The number of carbonyl (C=O) groups is 2. The molecule has 1 amide bonds. The Kier molecular flexibility index (Phi) is 3.43. The lowest BCUT2D eigenvalue weighted by Crippen LogP contribution is -2.20. The van der Waals surface area contributed by atoms with E-state index in [0.717, 1.165) is 0 Å². The summed E-state index contributed by atoms with van der Waals surface area (Å²) in [6, 6.07) is 1.59. The molecule has 1 rings (SSSR count). The van der Waals surface area contributed by atoms with E-state index in [-0.39, 0.29) is 12.6 Å². The van der Waals surface area contributed by atoms with Crippen LogP contribution in [0.4, 0.5) is 0 Å². The Hall–Kier alpha value is -1.85. The van der Waals surface area contributed by atoms with Gasteiger partial charge in [0, 0.05) is 6.92 Å². The molecule has 0 aliphatic rings. The molecule has 1 aromatic rings. The van der Waals surface area contributed by atoms with Crippen LogP contribution in [-0.4, -0.2) is 28.3 Å². The van der Waals surface area contributed by atoms with Gasteiger partial charge in [0.1, 0.15) is 12.3 Å². The summed E-state index contributed by atoms with van der Waals surface area (Å²) in [5, 5.41) is 4.05. The van der Waals surface area contributed by atoms with Crippen molar-refractivity contribution >= 4 is 11.9 Å². The van der Waals surface area contributed by atoms with Gasteiger partial charge in [0.15, 0.2) is 0 Å². The lowest BCUT2D eigenvalue weighted by molar-refractivity contribution is -0.141. The Morgan fingerprint density at radius 1 is 1.60 bits per heavy atom. The minimum atomic E-state index is -0.543. The van der Waals surface area contributed by atoms with Crippen LogP contribution in [0.25, 0.3) is 0 Å². The van der Waals surface area contributed by atoms with Gasteiger partial charge in [-0.3, -0.25) is 14.3 Å². The molecule has 82 valence electrons. The molecule has 1 heterocycles. The smallest absolute Gasteiger partial charge is 0.302 e. The highest BCUT2D eigenvalue weighted by Gasteiger charge is 2.10. The van der Waals surface area contributed by atoms with E-state index in [9.17, 15) is 9.59 Å². The van der Waals surface area contributed by atoms with Crippen LogP contribution in [0.1, 0.15) is 23.1 Å². The molecule has 0 radical (unpaired) electrons. The zero-order valence-corrected chi connectivity index (χ0v) is 8.69. The second-order valence-corrected chi connectivity index (χ2v) is 3.10. The average Bonchev–Trinajstić information content (AvgIpc) is 2.46. The van der Waals surface area contributed by atoms with Crippen molar-refractivity contribution in [1.82, 2.24) is 9.78 Å². The summed E-state index contributed by atoms with van der Waals surface area (Å²) < 4.78 is 6.17. The molecule has 0 saturated carbocycles. The number of rotatable bonds is 4. The van der Waals surface area contributed by atoms with Crippen molar-refractivity contribution in [2.45, 2.75) is 20.4 Å². The molecule has 0 aliphatic carbocycles. The third-order valence-electron chi connectivity index (χ3n) is 1.76. The Morgan fingerprint density at radius 2 is 2.27 bits per heavy atom. The Balaban J connectivity index is 2.67. The summed E-state index contributed by atoms with van der Waals surface area (Å²) in [4.78, 5) is 21.5. The zero-order valence-electron chi connectivity index (χ0n) is 8.69. The molecule has 0 fully saturated rings. The Morgan fingerprint density at radius 3 is 2.80 bits per heavy atom. The van der Waals surface area contributed by atoms with Crippen LogP contribution >= 0.6 is 0 Å². The van der Waals surface area contributed by atoms with Crippen LogP contribution in [-0.2, 0) is 16.1 Å². The highest BCUT2D eigenvalue weighted by Crippen LogP contribution is 2.02. The van der Waals surface area contributed by atoms with Crippen molar-refractivity contribution in [3.05, 3.63) is 17.5 Å². The van der Waals surface area contributed by atoms with Gasteiger partial charge in [0.25, 0.3) is 5.91 Å². The second kappa shape index (κ2) is 4.59. The predicted octanol–water partition coefficient (Wildman–Crippen LogP) is -0.146. The summed E-state index contributed by atoms with van der Waals surface area (Å²) >= 11 is 0. The van der Waals surface area contributed by atoms with Gasteiger partial charge < -0.3 is 10.5 Å². The Labute approximate surface area is 87.0 Å². The van der Waals surface area contributed by atoms with Crippen LogP contribution in [0.5, 0.6) is 0 Å². The highest BCUT2D eigenvalue weighted by atomic mass is 16.5. The minimum Gasteiger partial charge on any atom is -0.464 e. The van der Waals surface area contributed by atoms with E-state index in [0.29, 0.717) is 17.9 Å². The maximum atomic E-state index is 11.0. The fourth-order valence-electron chi connectivity index (χ4n) is 1.19. The van der Waals surface area contributed by atoms with E-state index in [1.54, 1.807) is 13.0 Å². The summed E-state index contributed by atoms with van der Waals surface area (Å²) in [6.45, 7) is 3.58. The first-order chi connectivity index (χ1) is 7.00. The lowest BCUT2D eigenvalue weighted by atomic mass is 10.3. The largest absolute Gasteiger partial charge is 0.464 e. The van der Waals surface area contributed by atoms with Crippen molar-refractivity contribution in [2.75, 3.05) is 6.61 Å². The van der Waals surface area contributed by atoms with Crippen LogP contribution < -0.4 is 5.73 Å². The molecule has 2 N–H and O–H groups in total. The van der Waals surface area contributed by atoms with Crippen LogP contribution in [0.2, 0.25) is 0 Å². The molecule has 0 atom stereocenters. The van der Waals surface area contributed by atoms with Crippen molar-refractivity contribution in [3.8, 4) is 0 Å². The molecule has 0 saturated heterocycles. The number of aryl methyl sites for hydroxylation is 1. The number of hydrogen-bond acceptors (Lipinski definition) is 4. The third-order valence-corrected chi connectivity index (χ3v) is 1.76. The average molecular weight is 211 g/mol. The molecule has 0 spiro atoms.